The zero-order chi connectivity index (χ0) is 35.7. The minimum Gasteiger partial charge on any atom is -0.394 e. The minimum atomic E-state index is -0.654. The lowest BCUT2D eigenvalue weighted by Gasteiger charge is -2.22. The average molecular weight is 692 g/mol. The van der Waals surface area contributed by atoms with Gasteiger partial charge in [-0.1, -0.05) is 219 Å². The second kappa shape index (κ2) is 41.5. The van der Waals surface area contributed by atoms with Crippen molar-refractivity contribution in [2.75, 3.05) is 6.61 Å². The van der Waals surface area contributed by atoms with Gasteiger partial charge < -0.3 is 15.5 Å². The molecule has 3 N–H and O–H groups in total. The lowest BCUT2D eigenvalue weighted by atomic mass is 10.0. The third kappa shape index (κ3) is 38.2. The fourth-order valence-electron chi connectivity index (χ4n) is 7.06. The highest BCUT2D eigenvalue weighted by Crippen LogP contribution is 2.16. The van der Waals surface area contributed by atoms with Gasteiger partial charge in [-0.05, 0) is 38.5 Å². The van der Waals surface area contributed by atoms with E-state index in [1.54, 1.807) is 0 Å². The first-order chi connectivity index (χ1) is 24.2. The predicted molar refractivity (Wildman–Crippen MR) is 216 cm³/mol. The fraction of sp³-hybridized carbons (Fsp3) is 0.933. The van der Waals surface area contributed by atoms with Gasteiger partial charge >= 0.3 is 0 Å². The van der Waals surface area contributed by atoms with E-state index in [9.17, 15) is 15.0 Å². The molecule has 0 heterocycles. The maximum atomic E-state index is 12.4. The van der Waals surface area contributed by atoms with Gasteiger partial charge in [0.2, 0.25) is 5.91 Å². The molecule has 292 valence electrons. The Balaban J connectivity index is 3.44. The summed E-state index contributed by atoms with van der Waals surface area (Å²) in [6.07, 6.45) is 51.5. The van der Waals surface area contributed by atoms with Gasteiger partial charge in [-0.15, -0.1) is 0 Å². The van der Waals surface area contributed by atoms with Crippen molar-refractivity contribution in [1.82, 2.24) is 5.32 Å². The molecular weight excluding hydrogens is 602 g/mol. The standard InChI is InChI=1S/C45H89NO3/c1-3-5-7-9-11-13-15-17-18-19-20-21-22-23-24-25-26-27-28-29-31-33-35-37-39-41-45(49)46-43(42-47)44(48)40-38-36-34-32-30-16-14-12-10-8-6-4-2/h19-20,43-44,47-48H,3-18,21-42H2,1-2H3,(H,46,49)/b20-19-. The van der Waals surface area contributed by atoms with Gasteiger partial charge in [-0.2, -0.15) is 0 Å². The molecule has 0 aliphatic carbocycles. The van der Waals surface area contributed by atoms with Crippen LogP contribution in [0.1, 0.15) is 251 Å². The zero-order valence-corrected chi connectivity index (χ0v) is 33.5. The van der Waals surface area contributed by atoms with Crippen LogP contribution in [0.25, 0.3) is 0 Å². The Morgan fingerprint density at radius 2 is 0.776 bits per heavy atom. The van der Waals surface area contributed by atoms with Gasteiger partial charge in [0.25, 0.3) is 0 Å². The highest BCUT2D eigenvalue weighted by molar-refractivity contribution is 5.76. The van der Waals surface area contributed by atoms with Gasteiger partial charge in [-0.25, -0.2) is 0 Å². The van der Waals surface area contributed by atoms with E-state index in [2.05, 4.69) is 31.3 Å². The number of carbonyl (C=O) groups is 1. The van der Waals surface area contributed by atoms with Crippen molar-refractivity contribution in [1.29, 1.82) is 0 Å². The summed E-state index contributed by atoms with van der Waals surface area (Å²) in [5, 5.41) is 23.1. The summed E-state index contributed by atoms with van der Waals surface area (Å²) >= 11 is 0. The van der Waals surface area contributed by atoms with E-state index < -0.39 is 12.1 Å². The first kappa shape index (κ1) is 48.1. The van der Waals surface area contributed by atoms with Crippen LogP contribution >= 0.6 is 0 Å². The molecule has 4 heteroatoms. The van der Waals surface area contributed by atoms with E-state index in [0.29, 0.717) is 12.8 Å². The van der Waals surface area contributed by atoms with E-state index >= 15 is 0 Å². The smallest absolute Gasteiger partial charge is 0.220 e. The number of allylic oxidation sites excluding steroid dienone is 2. The molecular formula is C45H89NO3. The lowest BCUT2D eigenvalue weighted by molar-refractivity contribution is -0.123. The van der Waals surface area contributed by atoms with Crippen LogP contribution in [0.2, 0.25) is 0 Å². The van der Waals surface area contributed by atoms with E-state index in [-0.39, 0.29) is 12.5 Å². The van der Waals surface area contributed by atoms with Gasteiger partial charge in [0.1, 0.15) is 0 Å². The largest absolute Gasteiger partial charge is 0.394 e. The Hall–Kier alpha value is -0.870. The maximum absolute atomic E-state index is 12.4. The summed E-state index contributed by atoms with van der Waals surface area (Å²) in [6, 6.07) is -0.531. The van der Waals surface area contributed by atoms with Gasteiger partial charge in [-0.3, -0.25) is 4.79 Å². The number of hydrogen-bond acceptors (Lipinski definition) is 3. The molecule has 0 radical (unpaired) electrons. The van der Waals surface area contributed by atoms with E-state index in [1.807, 2.05) is 0 Å². The van der Waals surface area contributed by atoms with Gasteiger partial charge in [0.15, 0.2) is 0 Å². The summed E-state index contributed by atoms with van der Waals surface area (Å²) in [7, 11) is 0. The molecule has 0 aromatic carbocycles. The number of hydrogen-bond donors (Lipinski definition) is 3. The van der Waals surface area contributed by atoms with Crippen LogP contribution in [-0.4, -0.2) is 34.9 Å². The van der Waals surface area contributed by atoms with Crippen molar-refractivity contribution in [2.45, 2.75) is 264 Å². The molecule has 0 rings (SSSR count). The van der Waals surface area contributed by atoms with E-state index in [1.165, 1.54) is 199 Å². The Morgan fingerprint density at radius 1 is 0.469 bits per heavy atom. The minimum absolute atomic E-state index is 0.0293. The molecule has 0 saturated heterocycles. The van der Waals surface area contributed by atoms with E-state index in [4.69, 9.17) is 0 Å². The highest BCUT2D eigenvalue weighted by Gasteiger charge is 2.20. The highest BCUT2D eigenvalue weighted by atomic mass is 16.3. The van der Waals surface area contributed by atoms with Gasteiger partial charge in [0, 0.05) is 6.42 Å². The van der Waals surface area contributed by atoms with Crippen LogP contribution in [0.15, 0.2) is 12.2 Å². The third-order valence-electron chi connectivity index (χ3n) is 10.5. The molecule has 0 aliphatic heterocycles. The molecule has 2 unspecified atom stereocenters. The van der Waals surface area contributed by atoms with Crippen LogP contribution in [-0.2, 0) is 4.79 Å². The lowest BCUT2D eigenvalue weighted by Crippen LogP contribution is -2.45. The Morgan fingerprint density at radius 3 is 1.12 bits per heavy atom. The number of nitrogens with one attached hydrogen (secondary N) is 1. The Labute approximate surface area is 307 Å². The van der Waals surface area contributed by atoms with Crippen LogP contribution in [0.4, 0.5) is 0 Å². The quantitative estimate of drug-likeness (QED) is 0.0441. The number of rotatable bonds is 41. The predicted octanol–water partition coefficient (Wildman–Crippen LogP) is 13.9. The molecule has 4 nitrogen and oxygen atoms in total. The number of amides is 1. The van der Waals surface area contributed by atoms with Crippen molar-refractivity contribution in [3.8, 4) is 0 Å². The first-order valence-electron chi connectivity index (χ1n) is 22.4. The van der Waals surface area contributed by atoms with Crippen molar-refractivity contribution in [2.24, 2.45) is 0 Å². The van der Waals surface area contributed by atoms with Crippen molar-refractivity contribution in [3.63, 3.8) is 0 Å². The van der Waals surface area contributed by atoms with Gasteiger partial charge in [0.05, 0.1) is 18.8 Å². The molecule has 0 aromatic rings. The Bertz CT molecular complexity index is 666. The zero-order valence-electron chi connectivity index (χ0n) is 33.5. The number of unbranched alkanes of at least 4 members (excludes halogenated alkanes) is 32. The molecule has 0 aromatic heterocycles. The molecule has 49 heavy (non-hydrogen) atoms. The number of aliphatic hydroxyl groups excluding tert-OH is 2. The van der Waals surface area contributed by atoms with Crippen LogP contribution in [0.5, 0.6) is 0 Å². The third-order valence-corrected chi connectivity index (χ3v) is 10.5. The first-order valence-corrected chi connectivity index (χ1v) is 22.4. The second-order valence-electron chi connectivity index (χ2n) is 15.5. The average Bonchev–Trinajstić information content (AvgIpc) is 3.10. The maximum Gasteiger partial charge on any atom is 0.220 e. The topological polar surface area (TPSA) is 69.6 Å². The SMILES string of the molecule is CCCCCCCCCC/C=C\CCCCCCCCCCCCCCCC(=O)NC(CO)C(O)CCCCCCCCCCCCCC. The van der Waals surface area contributed by atoms with Crippen molar-refractivity contribution in [3.05, 3.63) is 12.2 Å². The normalized spacial score (nSPS) is 13.0. The van der Waals surface area contributed by atoms with Crippen LogP contribution < -0.4 is 5.32 Å². The van der Waals surface area contributed by atoms with Crippen LogP contribution in [0, 0.1) is 0 Å². The summed E-state index contributed by atoms with van der Waals surface area (Å²) in [5.74, 6) is -0.0293. The van der Waals surface area contributed by atoms with Crippen LogP contribution in [0.3, 0.4) is 0 Å². The van der Waals surface area contributed by atoms with Crippen molar-refractivity contribution >= 4 is 5.91 Å². The Kier molecular flexibility index (Phi) is 40.8. The molecule has 0 saturated carbocycles. The molecule has 0 aliphatic rings. The van der Waals surface area contributed by atoms with Crippen molar-refractivity contribution < 1.29 is 15.0 Å². The molecule has 0 fully saturated rings. The second-order valence-corrected chi connectivity index (χ2v) is 15.5. The molecule has 0 spiro atoms. The summed E-state index contributed by atoms with van der Waals surface area (Å²) in [4.78, 5) is 12.4. The van der Waals surface area contributed by atoms with E-state index in [0.717, 1.165) is 25.7 Å². The summed E-state index contributed by atoms with van der Waals surface area (Å²) in [6.45, 7) is 4.36. The molecule has 0 bridgehead atoms. The molecule has 2 atom stereocenters. The number of aliphatic hydroxyl groups is 2. The molecule has 1 amide bonds. The summed E-state index contributed by atoms with van der Waals surface area (Å²) < 4.78 is 0. The monoisotopic (exact) mass is 692 g/mol. The fourth-order valence-corrected chi connectivity index (χ4v) is 7.06. The summed E-state index contributed by atoms with van der Waals surface area (Å²) in [5.41, 5.74) is 0. The number of carbonyl (C=O) groups excluding carboxylic acids is 1.